The molecule has 0 saturated carbocycles. The minimum atomic E-state index is -0.432. The molecule has 3 fully saturated rings. The SMILES string of the molecule is C[N+]1(C)[C@@H]2C[C@@H](OC(=O)Nc3ccc(CCCC(=O)Nc4ccc(C=O)cc4)cc3-c3ccccc3)C[C@H]1[C@@H]1O[C@@H]12. The number of nitrogens with one attached hydrogen (secondary N) is 2. The van der Waals surface area contributed by atoms with Crippen molar-refractivity contribution in [2.24, 2.45) is 0 Å². The summed E-state index contributed by atoms with van der Waals surface area (Å²) in [6.07, 6.45) is 4.25. The van der Waals surface area contributed by atoms with E-state index < -0.39 is 6.09 Å². The van der Waals surface area contributed by atoms with Gasteiger partial charge in [-0.25, -0.2) is 4.79 Å². The fourth-order valence-electron chi connectivity index (χ4n) is 6.63. The smallest absolute Gasteiger partial charge is 0.411 e. The molecule has 8 heteroatoms. The summed E-state index contributed by atoms with van der Waals surface area (Å²) in [5.41, 5.74) is 4.92. The number of hydrogen-bond acceptors (Lipinski definition) is 5. The van der Waals surface area contributed by atoms with E-state index in [2.05, 4.69) is 30.8 Å². The van der Waals surface area contributed by atoms with Crippen molar-refractivity contribution in [3.63, 3.8) is 0 Å². The number of ether oxygens (including phenoxy) is 2. The van der Waals surface area contributed by atoms with E-state index in [0.717, 1.165) is 40.3 Å². The molecule has 3 aliphatic heterocycles. The van der Waals surface area contributed by atoms with Gasteiger partial charge in [-0.1, -0.05) is 36.4 Å². The number of anilines is 2. The summed E-state index contributed by atoms with van der Waals surface area (Å²) in [6, 6.07) is 23.5. The lowest BCUT2D eigenvalue weighted by atomic mass is 9.96. The molecule has 0 unspecified atom stereocenters. The quantitative estimate of drug-likeness (QED) is 0.209. The number of morpholine rings is 1. The molecule has 0 aromatic heterocycles. The third-order valence-electron chi connectivity index (χ3n) is 8.92. The Bertz CT molecular complexity index is 1420. The fraction of sp³-hybridized carbons (Fsp3) is 0.364. The molecule has 6 rings (SSSR count). The molecule has 3 saturated heterocycles. The predicted octanol–water partition coefficient (Wildman–Crippen LogP) is 5.43. The summed E-state index contributed by atoms with van der Waals surface area (Å²) in [5.74, 6) is -0.0737. The molecule has 3 aromatic carbocycles. The lowest BCUT2D eigenvalue weighted by Gasteiger charge is -2.45. The van der Waals surface area contributed by atoms with Crippen LogP contribution in [0.15, 0.2) is 72.8 Å². The first-order valence-corrected chi connectivity index (χ1v) is 14.3. The summed E-state index contributed by atoms with van der Waals surface area (Å²) in [6.45, 7) is 0. The van der Waals surface area contributed by atoms with Crippen molar-refractivity contribution in [1.29, 1.82) is 0 Å². The first-order chi connectivity index (χ1) is 19.8. The molecule has 41 heavy (non-hydrogen) atoms. The minimum absolute atomic E-state index is 0.0737. The van der Waals surface area contributed by atoms with Gasteiger partial charge in [-0.3, -0.25) is 14.9 Å². The standard InChI is InChI=1S/C33H35N3O5/c1-36(2)28-18-25(19-29(36)32-31(28)41-32)40-33(39)35-27-16-13-21(17-26(27)23-8-4-3-5-9-23)7-6-10-30(38)34-24-14-11-22(20-37)12-15-24/h3-5,8-9,11-17,20,25,28-29,31-32H,6-7,10,18-19H2,1-2H3,(H-,34,35,37,38,39)/p+1/t25-,28-,29+,31-,32+. The summed E-state index contributed by atoms with van der Waals surface area (Å²) < 4.78 is 12.7. The van der Waals surface area contributed by atoms with Crippen molar-refractivity contribution in [1.82, 2.24) is 0 Å². The average Bonchev–Trinajstić information content (AvgIpc) is 3.73. The second-order valence-electron chi connectivity index (χ2n) is 11.8. The van der Waals surface area contributed by atoms with Crippen molar-refractivity contribution >= 4 is 29.7 Å². The second kappa shape index (κ2) is 11.1. The number of carbonyl (C=O) groups is 3. The van der Waals surface area contributed by atoms with Gasteiger partial charge in [-0.2, -0.15) is 0 Å². The fourth-order valence-corrected chi connectivity index (χ4v) is 6.63. The molecule has 3 heterocycles. The second-order valence-corrected chi connectivity index (χ2v) is 11.8. The number of carbonyl (C=O) groups excluding carboxylic acids is 3. The van der Waals surface area contributed by atoms with Crippen LogP contribution in [-0.2, 0) is 20.7 Å². The Kier molecular flexibility index (Phi) is 7.36. The Balaban J connectivity index is 1.07. The summed E-state index contributed by atoms with van der Waals surface area (Å²) in [5, 5.41) is 5.88. The summed E-state index contributed by atoms with van der Waals surface area (Å²) in [4.78, 5) is 36.3. The third-order valence-corrected chi connectivity index (χ3v) is 8.92. The van der Waals surface area contributed by atoms with Gasteiger partial charge in [0.25, 0.3) is 0 Å². The molecule has 2 N–H and O–H groups in total. The van der Waals surface area contributed by atoms with Gasteiger partial charge < -0.3 is 19.3 Å². The maximum absolute atomic E-state index is 13.0. The first kappa shape index (κ1) is 27.2. The van der Waals surface area contributed by atoms with E-state index in [4.69, 9.17) is 9.47 Å². The molecule has 5 atom stereocenters. The van der Waals surface area contributed by atoms with Crippen LogP contribution in [0.25, 0.3) is 11.1 Å². The van der Waals surface area contributed by atoms with Crippen LogP contribution >= 0.6 is 0 Å². The minimum Gasteiger partial charge on any atom is -0.445 e. The highest BCUT2D eigenvalue weighted by Crippen LogP contribution is 2.51. The van der Waals surface area contributed by atoms with Crippen molar-refractivity contribution in [3.05, 3.63) is 83.9 Å². The van der Waals surface area contributed by atoms with Gasteiger partial charge in [0, 0.05) is 36.1 Å². The van der Waals surface area contributed by atoms with Crippen molar-refractivity contribution < 1.29 is 28.3 Å². The zero-order valence-corrected chi connectivity index (χ0v) is 23.4. The monoisotopic (exact) mass is 554 g/mol. The maximum Gasteiger partial charge on any atom is 0.411 e. The topological polar surface area (TPSA) is 97.0 Å². The molecule has 3 aliphatic rings. The lowest BCUT2D eigenvalue weighted by Crippen LogP contribution is -2.60. The van der Waals surface area contributed by atoms with Gasteiger partial charge in [0.05, 0.1) is 19.8 Å². The maximum atomic E-state index is 13.0. The van der Waals surface area contributed by atoms with Gasteiger partial charge in [-0.15, -0.1) is 0 Å². The Morgan fingerprint density at radius 1 is 0.951 bits per heavy atom. The van der Waals surface area contributed by atoms with Crippen LogP contribution < -0.4 is 10.6 Å². The largest absolute Gasteiger partial charge is 0.445 e. The Hall–Kier alpha value is -4.01. The first-order valence-electron chi connectivity index (χ1n) is 14.3. The number of aryl methyl sites for hydroxylation is 1. The Morgan fingerprint density at radius 2 is 1.66 bits per heavy atom. The van der Waals surface area contributed by atoms with Crippen LogP contribution in [-0.4, -0.2) is 67.3 Å². The number of fused-ring (bicyclic) bond motifs is 5. The summed E-state index contributed by atoms with van der Waals surface area (Å²) >= 11 is 0. The molecule has 8 nitrogen and oxygen atoms in total. The van der Waals surface area contributed by atoms with Gasteiger partial charge in [-0.05, 0) is 60.4 Å². The molecule has 212 valence electrons. The van der Waals surface area contributed by atoms with E-state index in [-0.39, 0.29) is 12.0 Å². The van der Waals surface area contributed by atoms with Crippen LogP contribution in [0.4, 0.5) is 16.2 Å². The predicted molar refractivity (Wildman–Crippen MR) is 157 cm³/mol. The van der Waals surface area contributed by atoms with Crippen LogP contribution in [0.3, 0.4) is 0 Å². The van der Waals surface area contributed by atoms with E-state index >= 15 is 0 Å². The molecular formula is C33H36N3O5+. The van der Waals surface area contributed by atoms with Crippen molar-refractivity contribution in [3.8, 4) is 11.1 Å². The molecule has 3 aromatic rings. The Morgan fingerprint density at radius 3 is 2.34 bits per heavy atom. The summed E-state index contributed by atoms with van der Waals surface area (Å²) in [7, 11) is 4.52. The highest BCUT2D eigenvalue weighted by atomic mass is 16.6. The van der Waals surface area contributed by atoms with E-state index in [1.54, 1.807) is 24.3 Å². The number of amides is 2. The average molecular weight is 555 g/mol. The number of likely N-dealkylation sites (N-methyl/N-ethyl adjacent to an activating group) is 1. The highest BCUT2D eigenvalue weighted by molar-refractivity contribution is 5.92. The number of hydrogen-bond donors (Lipinski definition) is 2. The molecule has 2 bridgehead atoms. The van der Waals surface area contributed by atoms with E-state index in [9.17, 15) is 14.4 Å². The highest BCUT2D eigenvalue weighted by Gasteiger charge is 2.70. The van der Waals surface area contributed by atoms with Crippen LogP contribution in [0, 0.1) is 0 Å². The van der Waals surface area contributed by atoms with Gasteiger partial charge in [0.2, 0.25) is 5.91 Å². The number of epoxide rings is 1. The van der Waals surface area contributed by atoms with Crippen LogP contribution in [0.5, 0.6) is 0 Å². The van der Waals surface area contributed by atoms with Crippen molar-refractivity contribution in [2.45, 2.75) is 62.5 Å². The number of rotatable bonds is 9. The third kappa shape index (κ3) is 5.76. The van der Waals surface area contributed by atoms with Crippen LogP contribution in [0.1, 0.15) is 41.6 Å². The molecule has 2 amide bonds. The zero-order chi connectivity index (χ0) is 28.6. The molecule has 0 spiro atoms. The van der Waals surface area contributed by atoms with Gasteiger partial charge >= 0.3 is 6.09 Å². The van der Waals surface area contributed by atoms with E-state index in [1.807, 2.05) is 42.5 Å². The number of nitrogens with zero attached hydrogens (tertiary/aromatic N) is 1. The number of benzene rings is 3. The number of piperidine rings is 1. The molecule has 0 radical (unpaired) electrons. The number of quaternary nitrogens is 1. The zero-order valence-electron chi connectivity index (χ0n) is 23.4. The van der Waals surface area contributed by atoms with Crippen LogP contribution in [0.2, 0.25) is 0 Å². The lowest BCUT2D eigenvalue weighted by molar-refractivity contribution is -0.938. The molecular weight excluding hydrogens is 518 g/mol. The van der Waals surface area contributed by atoms with E-state index in [1.165, 1.54) is 0 Å². The van der Waals surface area contributed by atoms with E-state index in [0.29, 0.717) is 60.5 Å². The van der Waals surface area contributed by atoms with Gasteiger partial charge in [0.15, 0.2) is 0 Å². The van der Waals surface area contributed by atoms with Crippen molar-refractivity contribution in [2.75, 3.05) is 24.7 Å². The normalized spacial score (nSPS) is 25.1. The van der Waals surface area contributed by atoms with Gasteiger partial charge in [0.1, 0.15) is 36.7 Å². The molecule has 0 aliphatic carbocycles. The number of aldehydes is 1. The Labute approximate surface area is 240 Å².